The van der Waals surface area contributed by atoms with E-state index in [1.54, 1.807) is 0 Å². The monoisotopic (exact) mass is 339 g/mol. The summed E-state index contributed by atoms with van der Waals surface area (Å²) in [6, 6.07) is 0.373. The first-order valence-corrected chi connectivity index (χ1v) is 9.95. The molecule has 0 radical (unpaired) electrons. The third-order valence-electron chi connectivity index (χ3n) is 5.82. The summed E-state index contributed by atoms with van der Waals surface area (Å²) in [6.07, 6.45) is 7.30. The molecule has 2 N–H and O–H groups in total. The summed E-state index contributed by atoms with van der Waals surface area (Å²) in [7, 11) is 0. The van der Waals surface area contributed by atoms with Crippen LogP contribution in [0.2, 0.25) is 0 Å². The Morgan fingerprint density at radius 1 is 1.21 bits per heavy atom. The highest BCUT2D eigenvalue weighted by atomic mass is 16.3. The SMILES string of the molecule is CC[C@@H]1CN([C@H](C)C(=O)NCC2CCCCC2)CCN1C[C@@H](C)O. The normalized spacial score (nSPS) is 26.9. The maximum Gasteiger partial charge on any atom is 0.237 e. The predicted octanol–water partition coefficient (Wildman–Crippen LogP) is 1.85. The largest absolute Gasteiger partial charge is 0.392 e. The third kappa shape index (κ3) is 5.71. The molecule has 0 aromatic carbocycles. The zero-order chi connectivity index (χ0) is 17.5. The van der Waals surface area contributed by atoms with Crippen molar-refractivity contribution in [3.05, 3.63) is 0 Å². The molecular weight excluding hydrogens is 302 g/mol. The van der Waals surface area contributed by atoms with E-state index >= 15 is 0 Å². The van der Waals surface area contributed by atoms with E-state index in [1.165, 1.54) is 32.1 Å². The summed E-state index contributed by atoms with van der Waals surface area (Å²) < 4.78 is 0. The van der Waals surface area contributed by atoms with Crippen molar-refractivity contribution in [2.24, 2.45) is 5.92 Å². The van der Waals surface area contributed by atoms with Crippen LogP contribution in [0.25, 0.3) is 0 Å². The van der Waals surface area contributed by atoms with Crippen LogP contribution in [-0.2, 0) is 4.79 Å². The summed E-state index contributed by atoms with van der Waals surface area (Å²) in [6.45, 7) is 10.4. The fraction of sp³-hybridized carbons (Fsp3) is 0.947. The maximum absolute atomic E-state index is 12.5. The van der Waals surface area contributed by atoms with Crippen molar-refractivity contribution in [2.75, 3.05) is 32.7 Å². The first-order chi connectivity index (χ1) is 11.5. The molecule has 0 aromatic heterocycles. The summed E-state index contributed by atoms with van der Waals surface area (Å²) in [5.41, 5.74) is 0. The molecule has 1 amide bonds. The number of nitrogens with zero attached hydrogens (tertiary/aromatic N) is 2. The van der Waals surface area contributed by atoms with Crippen molar-refractivity contribution >= 4 is 5.91 Å². The molecule has 1 heterocycles. The fourth-order valence-corrected chi connectivity index (χ4v) is 4.19. The molecule has 5 heteroatoms. The molecule has 0 spiro atoms. The number of β-amino-alcohol motifs (C(OH)–C–C–N with tert-alkyl or cyclic N) is 1. The van der Waals surface area contributed by atoms with Gasteiger partial charge in [0, 0.05) is 38.8 Å². The molecule has 1 saturated heterocycles. The summed E-state index contributed by atoms with van der Waals surface area (Å²) in [5.74, 6) is 0.862. The van der Waals surface area contributed by atoms with Crippen LogP contribution in [0.15, 0.2) is 0 Å². The number of aliphatic hydroxyl groups is 1. The van der Waals surface area contributed by atoms with Crippen LogP contribution < -0.4 is 5.32 Å². The Balaban J connectivity index is 1.78. The lowest BCUT2D eigenvalue weighted by Gasteiger charge is -2.43. The number of piperazine rings is 1. The molecule has 24 heavy (non-hydrogen) atoms. The standard InChI is InChI=1S/C19H37N3O2/c1-4-18-14-21(10-11-22(18)13-15(2)23)16(3)19(24)20-12-17-8-6-5-7-9-17/h15-18,23H,4-14H2,1-3H3,(H,20,24)/t15-,16-,18-/m1/s1. The average molecular weight is 340 g/mol. The Kier molecular flexibility index (Phi) is 7.98. The summed E-state index contributed by atoms with van der Waals surface area (Å²) in [5, 5.41) is 12.8. The van der Waals surface area contributed by atoms with Crippen LogP contribution in [-0.4, -0.2) is 71.7 Å². The van der Waals surface area contributed by atoms with E-state index in [1.807, 2.05) is 13.8 Å². The molecule has 0 bridgehead atoms. The van der Waals surface area contributed by atoms with Gasteiger partial charge in [-0.05, 0) is 39.0 Å². The highest BCUT2D eigenvalue weighted by Gasteiger charge is 2.31. The molecule has 1 aliphatic carbocycles. The smallest absolute Gasteiger partial charge is 0.237 e. The van der Waals surface area contributed by atoms with Crippen molar-refractivity contribution < 1.29 is 9.90 Å². The van der Waals surface area contributed by atoms with Gasteiger partial charge < -0.3 is 10.4 Å². The van der Waals surface area contributed by atoms with Gasteiger partial charge in [0.05, 0.1) is 12.1 Å². The minimum atomic E-state index is -0.290. The number of amides is 1. The zero-order valence-corrected chi connectivity index (χ0v) is 15.8. The van der Waals surface area contributed by atoms with Crippen molar-refractivity contribution in [1.82, 2.24) is 15.1 Å². The molecule has 2 rings (SSSR count). The first kappa shape index (κ1) is 19.7. The number of rotatable bonds is 7. The van der Waals surface area contributed by atoms with Crippen molar-refractivity contribution in [1.29, 1.82) is 0 Å². The Hall–Kier alpha value is -0.650. The van der Waals surface area contributed by atoms with Gasteiger partial charge >= 0.3 is 0 Å². The minimum Gasteiger partial charge on any atom is -0.392 e. The molecule has 1 saturated carbocycles. The van der Waals surface area contributed by atoms with Gasteiger partial charge in [-0.2, -0.15) is 0 Å². The van der Waals surface area contributed by atoms with Gasteiger partial charge in [-0.1, -0.05) is 26.2 Å². The lowest BCUT2D eigenvalue weighted by Crippen LogP contribution is -2.59. The summed E-state index contributed by atoms with van der Waals surface area (Å²) >= 11 is 0. The van der Waals surface area contributed by atoms with Gasteiger partial charge in [0.1, 0.15) is 0 Å². The highest BCUT2D eigenvalue weighted by molar-refractivity contribution is 5.81. The Labute approximate surface area is 147 Å². The van der Waals surface area contributed by atoms with Crippen molar-refractivity contribution in [3.8, 4) is 0 Å². The molecule has 5 nitrogen and oxygen atoms in total. The zero-order valence-electron chi connectivity index (χ0n) is 15.8. The number of hydrogen-bond acceptors (Lipinski definition) is 4. The lowest BCUT2D eigenvalue weighted by atomic mass is 9.89. The molecular formula is C19H37N3O2. The molecule has 2 fully saturated rings. The minimum absolute atomic E-state index is 0.0589. The topological polar surface area (TPSA) is 55.8 Å². The fourth-order valence-electron chi connectivity index (χ4n) is 4.19. The van der Waals surface area contributed by atoms with Crippen LogP contribution in [0.4, 0.5) is 0 Å². The first-order valence-electron chi connectivity index (χ1n) is 9.95. The van der Waals surface area contributed by atoms with E-state index in [9.17, 15) is 9.90 Å². The second-order valence-corrected chi connectivity index (χ2v) is 7.83. The second-order valence-electron chi connectivity index (χ2n) is 7.83. The second kappa shape index (κ2) is 9.73. The van der Waals surface area contributed by atoms with Gasteiger partial charge in [0.25, 0.3) is 0 Å². The van der Waals surface area contributed by atoms with Gasteiger partial charge in [-0.15, -0.1) is 0 Å². The maximum atomic E-state index is 12.5. The molecule has 2 aliphatic rings. The highest BCUT2D eigenvalue weighted by Crippen LogP contribution is 2.23. The molecule has 1 aliphatic heterocycles. The third-order valence-corrected chi connectivity index (χ3v) is 5.82. The van der Waals surface area contributed by atoms with Gasteiger partial charge in [0.15, 0.2) is 0 Å². The molecule has 0 aromatic rings. The summed E-state index contributed by atoms with van der Waals surface area (Å²) in [4.78, 5) is 17.2. The van der Waals surface area contributed by atoms with Crippen LogP contribution in [0.1, 0.15) is 59.3 Å². The lowest BCUT2D eigenvalue weighted by molar-refractivity contribution is -0.127. The quantitative estimate of drug-likeness (QED) is 0.743. The number of hydrogen-bond donors (Lipinski definition) is 2. The number of aliphatic hydroxyl groups excluding tert-OH is 1. The Morgan fingerprint density at radius 3 is 2.54 bits per heavy atom. The Bertz CT molecular complexity index is 383. The van der Waals surface area contributed by atoms with Crippen LogP contribution >= 0.6 is 0 Å². The molecule has 0 unspecified atom stereocenters. The van der Waals surface area contributed by atoms with Crippen molar-refractivity contribution in [3.63, 3.8) is 0 Å². The Morgan fingerprint density at radius 2 is 1.92 bits per heavy atom. The molecule has 3 atom stereocenters. The van der Waals surface area contributed by atoms with E-state index in [-0.39, 0.29) is 18.1 Å². The average Bonchev–Trinajstić information content (AvgIpc) is 2.59. The van der Waals surface area contributed by atoms with E-state index in [4.69, 9.17) is 0 Å². The van der Waals surface area contributed by atoms with E-state index in [0.717, 1.165) is 39.1 Å². The number of nitrogens with one attached hydrogen (secondary N) is 1. The molecule has 140 valence electrons. The van der Waals surface area contributed by atoms with Gasteiger partial charge in [-0.3, -0.25) is 14.6 Å². The van der Waals surface area contributed by atoms with Crippen molar-refractivity contribution in [2.45, 2.75) is 77.5 Å². The van der Waals surface area contributed by atoms with Gasteiger partial charge in [0.2, 0.25) is 5.91 Å². The van der Waals surface area contributed by atoms with Gasteiger partial charge in [-0.25, -0.2) is 0 Å². The number of carbonyl (C=O) groups is 1. The van der Waals surface area contributed by atoms with E-state index in [0.29, 0.717) is 12.0 Å². The van der Waals surface area contributed by atoms with Crippen LogP contribution in [0.5, 0.6) is 0 Å². The van der Waals surface area contributed by atoms with E-state index in [2.05, 4.69) is 22.0 Å². The van der Waals surface area contributed by atoms with E-state index < -0.39 is 0 Å². The van der Waals surface area contributed by atoms with Crippen LogP contribution in [0, 0.1) is 5.92 Å². The predicted molar refractivity (Wildman–Crippen MR) is 98.0 cm³/mol. The van der Waals surface area contributed by atoms with Crippen LogP contribution in [0.3, 0.4) is 0 Å². The number of carbonyl (C=O) groups excluding carboxylic acids is 1.